The first-order valence-electron chi connectivity index (χ1n) is 6.99. The fourth-order valence-corrected chi connectivity index (χ4v) is 1.88. The van der Waals surface area contributed by atoms with Crippen LogP contribution in [0.1, 0.15) is 30.9 Å². The molecule has 1 aromatic carbocycles. The molecule has 0 N–H and O–H groups in total. The lowest BCUT2D eigenvalue weighted by molar-refractivity contribution is -0.395. The Hall–Kier alpha value is -3.04. The lowest BCUT2D eigenvalue weighted by Gasteiger charge is -2.07. The van der Waals surface area contributed by atoms with Gasteiger partial charge < -0.3 is 9.47 Å². The van der Waals surface area contributed by atoms with Crippen molar-refractivity contribution in [3.8, 4) is 0 Å². The van der Waals surface area contributed by atoms with Gasteiger partial charge in [-0.1, -0.05) is 0 Å². The number of rotatable bonds is 8. The van der Waals surface area contributed by atoms with Crippen molar-refractivity contribution in [2.24, 2.45) is 0 Å². The first kappa shape index (κ1) is 19.0. The number of nitro benzene ring substituents is 2. The van der Waals surface area contributed by atoms with Crippen molar-refractivity contribution in [3.63, 3.8) is 0 Å². The van der Waals surface area contributed by atoms with E-state index in [1.54, 1.807) is 6.92 Å². The fourth-order valence-electron chi connectivity index (χ4n) is 1.88. The lowest BCUT2D eigenvalue weighted by Crippen LogP contribution is -2.10. The summed E-state index contributed by atoms with van der Waals surface area (Å²) in [5.41, 5.74) is -0.825. The van der Waals surface area contributed by atoms with E-state index in [9.17, 15) is 29.8 Å². The van der Waals surface area contributed by atoms with Crippen molar-refractivity contribution >= 4 is 23.3 Å². The minimum absolute atomic E-state index is 0.0811. The van der Waals surface area contributed by atoms with Crippen molar-refractivity contribution in [2.75, 3.05) is 6.61 Å². The molecule has 130 valence electrons. The monoisotopic (exact) mass is 340 g/mol. The van der Waals surface area contributed by atoms with Crippen LogP contribution in [0.3, 0.4) is 0 Å². The van der Waals surface area contributed by atoms with Gasteiger partial charge in [-0.15, -0.1) is 0 Å². The molecule has 0 aliphatic carbocycles. The molecule has 0 spiro atoms. The van der Waals surface area contributed by atoms with Gasteiger partial charge in [0.2, 0.25) is 0 Å². The van der Waals surface area contributed by atoms with Crippen molar-refractivity contribution < 1.29 is 28.9 Å². The number of esters is 2. The van der Waals surface area contributed by atoms with Crippen LogP contribution in [-0.4, -0.2) is 28.4 Å². The van der Waals surface area contributed by atoms with Crippen LogP contribution in [0, 0.1) is 27.2 Å². The predicted octanol–water partition coefficient (Wildman–Crippen LogP) is 2.20. The van der Waals surface area contributed by atoms with Crippen LogP contribution in [0.4, 0.5) is 11.4 Å². The number of nitrogens with zero attached hydrogens (tertiary/aromatic N) is 2. The van der Waals surface area contributed by atoms with Crippen molar-refractivity contribution in [3.05, 3.63) is 43.5 Å². The normalized spacial score (nSPS) is 10.1. The van der Waals surface area contributed by atoms with Crippen molar-refractivity contribution in [2.45, 2.75) is 33.3 Å². The summed E-state index contributed by atoms with van der Waals surface area (Å²) in [6, 6.07) is 2.22. The third-order valence-corrected chi connectivity index (χ3v) is 3.04. The third kappa shape index (κ3) is 5.30. The van der Waals surface area contributed by atoms with E-state index in [1.165, 1.54) is 6.92 Å². The van der Waals surface area contributed by atoms with Crippen molar-refractivity contribution in [1.29, 1.82) is 0 Å². The van der Waals surface area contributed by atoms with Crippen LogP contribution in [-0.2, 0) is 25.7 Å². The molecule has 0 heterocycles. The highest BCUT2D eigenvalue weighted by Gasteiger charge is 2.23. The van der Waals surface area contributed by atoms with E-state index in [2.05, 4.69) is 4.74 Å². The van der Waals surface area contributed by atoms with Crippen LogP contribution >= 0.6 is 0 Å². The van der Waals surface area contributed by atoms with Gasteiger partial charge in [-0.2, -0.15) is 0 Å². The summed E-state index contributed by atoms with van der Waals surface area (Å²) in [5.74, 6) is -1.26. The van der Waals surface area contributed by atoms with Gasteiger partial charge in [-0.3, -0.25) is 29.8 Å². The molecule has 0 saturated carbocycles. The molecule has 0 unspecified atom stereocenters. The second kappa shape index (κ2) is 8.56. The molecular weight excluding hydrogens is 324 g/mol. The number of carbonyl (C=O) groups is 2. The summed E-state index contributed by atoms with van der Waals surface area (Å²) in [6.07, 6.45) is -0.365. The Bertz CT molecular complexity index is 636. The molecule has 0 fully saturated rings. The minimum Gasteiger partial charge on any atom is -0.466 e. The average Bonchev–Trinajstić information content (AvgIpc) is 2.51. The highest BCUT2D eigenvalue weighted by Crippen LogP contribution is 2.29. The van der Waals surface area contributed by atoms with E-state index in [1.807, 2.05) is 0 Å². The molecule has 10 heteroatoms. The number of benzene rings is 1. The SMILES string of the molecule is CCOC(=O)CCC(=O)OCc1cc([N+](=O)[O-])c(C)c([N+](=O)[O-])c1. The van der Waals surface area contributed by atoms with E-state index >= 15 is 0 Å². The maximum atomic E-state index is 11.5. The maximum Gasteiger partial charge on any atom is 0.306 e. The van der Waals surface area contributed by atoms with E-state index in [0.717, 1.165) is 12.1 Å². The Labute approximate surface area is 136 Å². The molecule has 0 radical (unpaired) electrons. The zero-order chi connectivity index (χ0) is 18.3. The van der Waals surface area contributed by atoms with E-state index in [-0.39, 0.29) is 37.2 Å². The van der Waals surface area contributed by atoms with Crippen LogP contribution in [0.5, 0.6) is 0 Å². The Kier molecular flexibility index (Phi) is 6.78. The van der Waals surface area contributed by atoms with Gasteiger partial charge in [0.1, 0.15) is 12.2 Å². The molecule has 0 bridgehead atoms. The topological polar surface area (TPSA) is 139 Å². The standard InChI is InChI=1S/C14H16N2O8/c1-3-23-13(17)4-5-14(18)24-8-10-6-11(15(19)20)9(2)12(7-10)16(21)22/h6-7H,3-5,8H2,1-2H3. The van der Waals surface area contributed by atoms with Gasteiger partial charge in [-0.25, -0.2) is 0 Å². The number of ether oxygens (including phenoxy) is 2. The van der Waals surface area contributed by atoms with Gasteiger partial charge in [0, 0.05) is 17.7 Å². The highest BCUT2D eigenvalue weighted by atomic mass is 16.6. The Morgan fingerprint density at radius 3 is 1.88 bits per heavy atom. The minimum atomic E-state index is -0.742. The summed E-state index contributed by atoms with van der Waals surface area (Å²) >= 11 is 0. The lowest BCUT2D eigenvalue weighted by atomic mass is 10.1. The first-order valence-corrected chi connectivity index (χ1v) is 6.99. The summed E-state index contributed by atoms with van der Waals surface area (Å²) in [7, 11) is 0. The molecule has 0 saturated heterocycles. The number of carbonyl (C=O) groups excluding carboxylic acids is 2. The molecule has 0 aliphatic rings. The Morgan fingerprint density at radius 2 is 1.46 bits per heavy atom. The Morgan fingerprint density at radius 1 is 1.00 bits per heavy atom. The molecule has 10 nitrogen and oxygen atoms in total. The molecule has 0 aromatic heterocycles. The van der Waals surface area contributed by atoms with E-state index < -0.39 is 33.2 Å². The van der Waals surface area contributed by atoms with Crippen LogP contribution in [0.2, 0.25) is 0 Å². The zero-order valence-electron chi connectivity index (χ0n) is 13.1. The van der Waals surface area contributed by atoms with Gasteiger partial charge in [0.05, 0.1) is 29.3 Å². The second-order valence-electron chi connectivity index (χ2n) is 4.74. The average molecular weight is 340 g/mol. The maximum absolute atomic E-state index is 11.5. The third-order valence-electron chi connectivity index (χ3n) is 3.04. The smallest absolute Gasteiger partial charge is 0.306 e. The second-order valence-corrected chi connectivity index (χ2v) is 4.74. The Balaban J connectivity index is 2.77. The van der Waals surface area contributed by atoms with Crippen LogP contribution in [0.25, 0.3) is 0 Å². The van der Waals surface area contributed by atoms with E-state index in [4.69, 9.17) is 4.74 Å². The van der Waals surface area contributed by atoms with Gasteiger partial charge in [0.25, 0.3) is 11.4 Å². The van der Waals surface area contributed by atoms with Crippen LogP contribution in [0.15, 0.2) is 12.1 Å². The summed E-state index contributed by atoms with van der Waals surface area (Å²) < 4.78 is 9.53. The molecular formula is C14H16N2O8. The molecule has 1 rings (SSSR count). The summed E-state index contributed by atoms with van der Waals surface area (Å²) in [6.45, 7) is 2.73. The van der Waals surface area contributed by atoms with Gasteiger partial charge in [-0.05, 0) is 13.8 Å². The molecule has 0 atom stereocenters. The summed E-state index contributed by atoms with van der Waals surface area (Å²) in [4.78, 5) is 43.1. The largest absolute Gasteiger partial charge is 0.466 e. The quantitative estimate of drug-likeness (QED) is 0.398. The number of hydrogen-bond donors (Lipinski definition) is 0. The molecule has 0 amide bonds. The fraction of sp³-hybridized carbons (Fsp3) is 0.429. The first-order chi connectivity index (χ1) is 11.3. The predicted molar refractivity (Wildman–Crippen MR) is 80.2 cm³/mol. The van der Waals surface area contributed by atoms with Gasteiger partial charge in [0.15, 0.2) is 0 Å². The molecule has 1 aromatic rings. The van der Waals surface area contributed by atoms with Crippen LogP contribution < -0.4 is 0 Å². The summed E-state index contributed by atoms with van der Waals surface area (Å²) in [5, 5.41) is 21.9. The van der Waals surface area contributed by atoms with E-state index in [0.29, 0.717) is 0 Å². The molecule has 0 aliphatic heterocycles. The highest BCUT2D eigenvalue weighted by molar-refractivity contribution is 5.77. The molecule has 24 heavy (non-hydrogen) atoms. The number of hydrogen-bond acceptors (Lipinski definition) is 8. The number of nitro groups is 2. The zero-order valence-corrected chi connectivity index (χ0v) is 13.1. The van der Waals surface area contributed by atoms with Crippen molar-refractivity contribution in [1.82, 2.24) is 0 Å². The van der Waals surface area contributed by atoms with Gasteiger partial charge >= 0.3 is 11.9 Å².